The standard InChI is InChI=1S/C8H12BrN3O2/c1-4-12-5-6(9)7(10-12)8(13)11(2)14-3/h5H,4H2,1-3H3. The number of hydrogen-bond acceptors (Lipinski definition) is 3. The van der Waals surface area contributed by atoms with Crippen LogP contribution >= 0.6 is 15.9 Å². The molecule has 0 radical (unpaired) electrons. The van der Waals surface area contributed by atoms with Crippen molar-refractivity contribution in [3.63, 3.8) is 0 Å². The van der Waals surface area contributed by atoms with Crippen molar-refractivity contribution in [3.8, 4) is 0 Å². The van der Waals surface area contributed by atoms with Crippen LogP contribution < -0.4 is 0 Å². The highest BCUT2D eigenvalue weighted by molar-refractivity contribution is 9.10. The molecule has 0 bridgehead atoms. The van der Waals surface area contributed by atoms with E-state index in [1.54, 1.807) is 17.9 Å². The molecule has 0 aliphatic rings. The third-order valence-electron chi connectivity index (χ3n) is 1.80. The third-order valence-corrected chi connectivity index (χ3v) is 2.38. The molecule has 78 valence electrons. The van der Waals surface area contributed by atoms with Crippen molar-refractivity contribution in [3.05, 3.63) is 16.4 Å². The Morgan fingerprint density at radius 2 is 2.43 bits per heavy atom. The van der Waals surface area contributed by atoms with Gasteiger partial charge in [-0.3, -0.25) is 14.3 Å². The molecule has 1 aromatic heterocycles. The predicted octanol–water partition coefficient (Wildman–Crippen LogP) is 1.30. The van der Waals surface area contributed by atoms with Gasteiger partial charge in [0.05, 0.1) is 11.6 Å². The van der Waals surface area contributed by atoms with Crippen LogP contribution in [0.1, 0.15) is 17.4 Å². The van der Waals surface area contributed by atoms with Gasteiger partial charge in [-0.15, -0.1) is 0 Å². The summed E-state index contributed by atoms with van der Waals surface area (Å²) >= 11 is 3.27. The molecule has 0 saturated carbocycles. The lowest BCUT2D eigenvalue weighted by molar-refractivity contribution is -0.0761. The molecule has 14 heavy (non-hydrogen) atoms. The van der Waals surface area contributed by atoms with Crippen molar-refractivity contribution in [1.29, 1.82) is 0 Å². The number of aryl methyl sites for hydroxylation is 1. The van der Waals surface area contributed by atoms with E-state index in [0.29, 0.717) is 10.2 Å². The van der Waals surface area contributed by atoms with E-state index in [9.17, 15) is 4.79 Å². The molecule has 0 spiro atoms. The van der Waals surface area contributed by atoms with Gasteiger partial charge >= 0.3 is 0 Å². The fraction of sp³-hybridized carbons (Fsp3) is 0.500. The molecule has 0 aliphatic carbocycles. The van der Waals surface area contributed by atoms with Gasteiger partial charge in [0.2, 0.25) is 0 Å². The Balaban J connectivity index is 2.94. The zero-order chi connectivity index (χ0) is 10.7. The molecular weight excluding hydrogens is 250 g/mol. The maximum Gasteiger partial charge on any atom is 0.298 e. The molecule has 1 heterocycles. The van der Waals surface area contributed by atoms with E-state index >= 15 is 0 Å². The van der Waals surface area contributed by atoms with Crippen LogP contribution in [0, 0.1) is 0 Å². The first kappa shape index (κ1) is 11.2. The highest BCUT2D eigenvalue weighted by Gasteiger charge is 2.18. The Morgan fingerprint density at radius 3 is 2.86 bits per heavy atom. The number of amides is 1. The maximum atomic E-state index is 11.6. The molecule has 1 rings (SSSR count). The molecule has 1 amide bonds. The molecule has 6 heteroatoms. The minimum atomic E-state index is -0.272. The summed E-state index contributed by atoms with van der Waals surface area (Å²) in [7, 11) is 2.97. The van der Waals surface area contributed by atoms with Crippen molar-refractivity contribution in [1.82, 2.24) is 14.8 Å². The summed E-state index contributed by atoms with van der Waals surface area (Å²) in [6, 6.07) is 0. The summed E-state index contributed by atoms with van der Waals surface area (Å²) < 4.78 is 2.36. The minimum absolute atomic E-state index is 0.272. The second kappa shape index (κ2) is 4.56. The summed E-state index contributed by atoms with van der Waals surface area (Å²) in [5.41, 5.74) is 0.358. The Kier molecular flexibility index (Phi) is 3.65. The maximum absolute atomic E-state index is 11.6. The fourth-order valence-electron chi connectivity index (χ4n) is 0.936. The number of carbonyl (C=O) groups excluding carboxylic acids is 1. The van der Waals surface area contributed by atoms with E-state index in [2.05, 4.69) is 21.0 Å². The second-order valence-electron chi connectivity index (χ2n) is 2.67. The number of hydrogen-bond donors (Lipinski definition) is 0. The Labute approximate surface area is 90.7 Å². The molecule has 0 N–H and O–H groups in total. The van der Waals surface area contributed by atoms with Crippen molar-refractivity contribution in [2.24, 2.45) is 0 Å². The molecule has 5 nitrogen and oxygen atoms in total. The van der Waals surface area contributed by atoms with E-state index in [1.165, 1.54) is 7.11 Å². The van der Waals surface area contributed by atoms with Gasteiger partial charge in [0.15, 0.2) is 5.69 Å². The van der Waals surface area contributed by atoms with Gasteiger partial charge in [-0.2, -0.15) is 5.10 Å². The molecular formula is C8H12BrN3O2. The van der Waals surface area contributed by atoms with Crippen molar-refractivity contribution in [2.75, 3.05) is 14.2 Å². The third kappa shape index (κ3) is 2.13. The molecule has 0 aromatic carbocycles. The lowest BCUT2D eigenvalue weighted by Gasteiger charge is -2.11. The number of halogens is 1. The van der Waals surface area contributed by atoms with Crippen LogP contribution in [0.15, 0.2) is 10.7 Å². The van der Waals surface area contributed by atoms with Crippen molar-refractivity contribution >= 4 is 21.8 Å². The van der Waals surface area contributed by atoms with Gasteiger partial charge in [-0.05, 0) is 22.9 Å². The molecule has 0 fully saturated rings. The number of nitrogens with zero attached hydrogens (tertiary/aromatic N) is 3. The van der Waals surface area contributed by atoms with Crippen LogP contribution in [0.5, 0.6) is 0 Å². The molecule has 1 aromatic rings. The molecule has 0 unspecified atom stereocenters. The first-order valence-corrected chi connectivity index (χ1v) is 4.94. The number of hydroxylamine groups is 2. The molecule has 0 saturated heterocycles. The Morgan fingerprint density at radius 1 is 1.79 bits per heavy atom. The van der Waals surface area contributed by atoms with E-state index in [-0.39, 0.29) is 5.91 Å². The topological polar surface area (TPSA) is 47.4 Å². The summed E-state index contributed by atoms with van der Waals surface area (Å²) in [5, 5.41) is 5.23. The van der Waals surface area contributed by atoms with E-state index < -0.39 is 0 Å². The highest BCUT2D eigenvalue weighted by Crippen LogP contribution is 2.16. The summed E-state index contributed by atoms with van der Waals surface area (Å²) in [6.07, 6.45) is 1.76. The summed E-state index contributed by atoms with van der Waals surface area (Å²) in [4.78, 5) is 16.4. The SMILES string of the molecule is CCn1cc(Br)c(C(=O)N(C)OC)n1. The lowest BCUT2D eigenvalue weighted by atomic mass is 10.4. The predicted molar refractivity (Wildman–Crippen MR) is 54.7 cm³/mol. The highest BCUT2D eigenvalue weighted by atomic mass is 79.9. The molecule has 0 atom stereocenters. The Bertz CT molecular complexity index is 337. The van der Waals surface area contributed by atoms with Crippen LogP contribution in [0.2, 0.25) is 0 Å². The number of aromatic nitrogens is 2. The van der Waals surface area contributed by atoms with Gasteiger partial charge in [0.25, 0.3) is 5.91 Å². The summed E-state index contributed by atoms with van der Waals surface area (Å²) in [5.74, 6) is -0.272. The lowest BCUT2D eigenvalue weighted by Crippen LogP contribution is -2.26. The zero-order valence-corrected chi connectivity index (χ0v) is 9.91. The first-order valence-electron chi connectivity index (χ1n) is 4.15. The Hall–Kier alpha value is -0.880. The number of rotatable bonds is 3. The van der Waals surface area contributed by atoms with E-state index in [1.807, 2.05) is 6.92 Å². The van der Waals surface area contributed by atoms with E-state index in [4.69, 9.17) is 4.84 Å². The fourth-order valence-corrected chi connectivity index (χ4v) is 1.42. The van der Waals surface area contributed by atoms with Gasteiger partial charge in [-0.1, -0.05) is 0 Å². The van der Waals surface area contributed by atoms with Crippen LogP contribution in [-0.2, 0) is 11.4 Å². The van der Waals surface area contributed by atoms with Gasteiger partial charge in [-0.25, -0.2) is 5.06 Å². The molecule has 0 aliphatic heterocycles. The van der Waals surface area contributed by atoms with Gasteiger partial charge in [0, 0.05) is 19.8 Å². The van der Waals surface area contributed by atoms with Gasteiger partial charge in [0.1, 0.15) is 0 Å². The monoisotopic (exact) mass is 261 g/mol. The average Bonchev–Trinajstić information content (AvgIpc) is 2.57. The number of carbonyl (C=O) groups is 1. The average molecular weight is 262 g/mol. The van der Waals surface area contributed by atoms with E-state index in [0.717, 1.165) is 11.6 Å². The first-order chi connectivity index (χ1) is 6.60. The quantitative estimate of drug-likeness (QED) is 0.771. The van der Waals surface area contributed by atoms with Crippen LogP contribution in [0.3, 0.4) is 0 Å². The van der Waals surface area contributed by atoms with Gasteiger partial charge < -0.3 is 0 Å². The minimum Gasteiger partial charge on any atom is -0.274 e. The smallest absolute Gasteiger partial charge is 0.274 e. The zero-order valence-electron chi connectivity index (χ0n) is 8.32. The van der Waals surface area contributed by atoms with Crippen LogP contribution in [-0.4, -0.2) is 34.9 Å². The van der Waals surface area contributed by atoms with Crippen molar-refractivity contribution < 1.29 is 9.63 Å². The normalized spacial score (nSPS) is 10.3. The second-order valence-corrected chi connectivity index (χ2v) is 3.52. The summed E-state index contributed by atoms with van der Waals surface area (Å²) in [6.45, 7) is 2.68. The largest absolute Gasteiger partial charge is 0.298 e. The van der Waals surface area contributed by atoms with Crippen LogP contribution in [0.25, 0.3) is 0 Å². The van der Waals surface area contributed by atoms with Crippen LogP contribution in [0.4, 0.5) is 0 Å². The van der Waals surface area contributed by atoms with Crippen molar-refractivity contribution in [2.45, 2.75) is 13.5 Å².